The number of benzene rings is 1. The summed E-state index contributed by atoms with van der Waals surface area (Å²) in [6.07, 6.45) is 0. The molecule has 0 spiro atoms. The molecule has 0 unspecified atom stereocenters. The molecule has 0 radical (unpaired) electrons. The number of aryl methyl sites for hydroxylation is 1. The first kappa shape index (κ1) is 17.6. The Balaban J connectivity index is 1.72. The summed E-state index contributed by atoms with van der Waals surface area (Å²) in [5.74, 6) is -0.172. The number of nitrogens with zero attached hydrogens (tertiary/aromatic N) is 2. The zero-order valence-electron chi connectivity index (χ0n) is 13.1. The van der Waals surface area contributed by atoms with Crippen LogP contribution < -0.4 is 5.32 Å². The van der Waals surface area contributed by atoms with Crippen LogP contribution in [0.15, 0.2) is 40.6 Å². The number of hydrogen-bond acceptors (Lipinski definition) is 6. The van der Waals surface area contributed by atoms with E-state index in [-0.39, 0.29) is 11.7 Å². The number of rotatable bonds is 5. The number of carbonyl (C=O) groups is 1. The third-order valence-corrected chi connectivity index (χ3v) is 6.64. The summed E-state index contributed by atoms with van der Waals surface area (Å²) >= 11 is 4.11. The van der Waals surface area contributed by atoms with Crippen LogP contribution in [0.2, 0.25) is 0 Å². The Morgan fingerprint density at radius 1 is 1.28 bits per heavy atom. The highest BCUT2D eigenvalue weighted by atomic mass is 32.2. The van der Waals surface area contributed by atoms with Crippen molar-refractivity contribution >= 4 is 45.5 Å². The molecular formula is C17H12FN3OS3. The predicted molar refractivity (Wildman–Crippen MR) is 101 cm³/mol. The maximum Gasteiger partial charge on any atom is 0.267 e. The maximum absolute atomic E-state index is 13.0. The van der Waals surface area contributed by atoms with E-state index < -0.39 is 0 Å². The summed E-state index contributed by atoms with van der Waals surface area (Å²) in [7, 11) is 0. The second-order valence-electron chi connectivity index (χ2n) is 4.96. The molecule has 1 N–H and O–H groups in total. The van der Waals surface area contributed by atoms with Crippen LogP contribution in [0.25, 0.3) is 10.4 Å². The summed E-state index contributed by atoms with van der Waals surface area (Å²) in [4.78, 5) is 18.2. The monoisotopic (exact) mass is 389 g/mol. The van der Waals surface area contributed by atoms with Crippen molar-refractivity contribution in [1.82, 2.24) is 4.98 Å². The molecule has 0 aliphatic heterocycles. The summed E-state index contributed by atoms with van der Waals surface area (Å²) in [5, 5.41) is 12.0. The molecule has 3 rings (SSSR count). The van der Waals surface area contributed by atoms with Crippen LogP contribution >= 0.6 is 34.4 Å². The van der Waals surface area contributed by atoms with Gasteiger partial charge in [-0.05, 0) is 36.8 Å². The number of nitrogens with one attached hydrogen (secondary N) is 1. The standard InChI is InChI=1S/C17H12FN3OS3/c1-10-16(23-9-8-19)25-17(20-10)21-15(22)14-7-6-13(24-14)11-2-4-12(18)5-3-11/h2-7H,9H2,1H3,(H,20,21,22). The van der Waals surface area contributed by atoms with E-state index in [0.29, 0.717) is 15.8 Å². The van der Waals surface area contributed by atoms with Crippen molar-refractivity contribution in [3.05, 3.63) is 52.8 Å². The number of thioether (sulfide) groups is 1. The number of aromatic nitrogens is 1. The van der Waals surface area contributed by atoms with Gasteiger partial charge in [0.15, 0.2) is 5.13 Å². The zero-order chi connectivity index (χ0) is 17.8. The molecular weight excluding hydrogens is 377 g/mol. The number of nitriles is 1. The van der Waals surface area contributed by atoms with Gasteiger partial charge in [0.2, 0.25) is 0 Å². The van der Waals surface area contributed by atoms with Gasteiger partial charge in [-0.25, -0.2) is 9.37 Å². The highest BCUT2D eigenvalue weighted by Crippen LogP contribution is 2.33. The summed E-state index contributed by atoms with van der Waals surface area (Å²) < 4.78 is 13.9. The third-order valence-electron chi connectivity index (χ3n) is 3.20. The fraction of sp³-hybridized carbons (Fsp3) is 0.118. The Kier molecular flexibility index (Phi) is 5.48. The molecule has 0 saturated carbocycles. The maximum atomic E-state index is 13.0. The van der Waals surface area contributed by atoms with E-state index in [1.807, 2.05) is 13.0 Å². The molecule has 3 aromatic rings. The van der Waals surface area contributed by atoms with Crippen LogP contribution in [-0.2, 0) is 0 Å². The van der Waals surface area contributed by atoms with E-state index in [9.17, 15) is 9.18 Å². The molecule has 0 bridgehead atoms. The lowest BCUT2D eigenvalue weighted by atomic mass is 10.2. The number of halogens is 1. The van der Waals surface area contributed by atoms with Gasteiger partial charge in [0.1, 0.15) is 5.82 Å². The third kappa shape index (κ3) is 4.25. The predicted octanol–water partition coefficient (Wildman–Crippen LogP) is 5.19. The smallest absolute Gasteiger partial charge is 0.267 e. The molecule has 0 aliphatic carbocycles. The van der Waals surface area contributed by atoms with Crippen molar-refractivity contribution in [2.75, 3.05) is 11.1 Å². The van der Waals surface area contributed by atoms with Crippen LogP contribution in [-0.4, -0.2) is 16.6 Å². The highest BCUT2D eigenvalue weighted by molar-refractivity contribution is 8.01. The van der Waals surface area contributed by atoms with Gasteiger partial charge in [-0.3, -0.25) is 10.1 Å². The molecule has 1 amide bonds. The lowest BCUT2D eigenvalue weighted by Crippen LogP contribution is -2.09. The average Bonchev–Trinajstić information content (AvgIpc) is 3.21. The number of anilines is 1. The van der Waals surface area contributed by atoms with Crippen LogP contribution in [0, 0.1) is 24.1 Å². The number of thiophene rings is 1. The molecule has 25 heavy (non-hydrogen) atoms. The first-order valence-corrected chi connectivity index (χ1v) is 9.83. The topological polar surface area (TPSA) is 65.8 Å². The largest absolute Gasteiger partial charge is 0.297 e. The Bertz CT molecular complexity index is 941. The summed E-state index contributed by atoms with van der Waals surface area (Å²) in [5.41, 5.74) is 1.67. The van der Waals surface area contributed by atoms with Crippen molar-refractivity contribution in [3.63, 3.8) is 0 Å². The van der Waals surface area contributed by atoms with Crippen molar-refractivity contribution in [2.45, 2.75) is 11.1 Å². The van der Waals surface area contributed by atoms with Gasteiger partial charge in [-0.15, -0.1) is 11.3 Å². The van der Waals surface area contributed by atoms with E-state index in [4.69, 9.17) is 5.26 Å². The van der Waals surface area contributed by atoms with Gasteiger partial charge >= 0.3 is 0 Å². The lowest BCUT2D eigenvalue weighted by Gasteiger charge is -1.98. The minimum absolute atomic E-state index is 0.232. The molecule has 0 atom stereocenters. The van der Waals surface area contributed by atoms with Gasteiger partial charge < -0.3 is 0 Å². The number of thiazole rings is 1. The molecule has 0 aliphatic rings. The molecule has 0 saturated heterocycles. The second-order valence-corrected chi connectivity index (χ2v) is 8.29. The van der Waals surface area contributed by atoms with E-state index >= 15 is 0 Å². The van der Waals surface area contributed by atoms with Gasteiger partial charge in [0.05, 0.1) is 26.6 Å². The van der Waals surface area contributed by atoms with Crippen LogP contribution in [0.4, 0.5) is 9.52 Å². The SMILES string of the molecule is Cc1nc(NC(=O)c2ccc(-c3ccc(F)cc3)s2)sc1SCC#N. The van der Waals surface area contributed by atoms with E-state index in [0.717, 1.165) is 20.3 Å². The number of carbonyl (C=O) groups excluding carboxylic acids is 1. The minimum Gasteiger partial charge on any atom is -0.297 e. The Labute approximate surface area is 156 Å². The highest BCUT2D eigenvalue weighted by Gasteiger charge is 2.14. The number of amides is 1. The fourth-order valence-electron chi connectivity index (χ4n) is 2.06. The van der Waals surface area contributed by atoms with Crippen LogP contribution in [0.5, 0.6) is 0 Å². The molecule has 8 heteroatoms. The van der Waals surface area contributed by atoms with Crippen molar-refractivity contribution < 1.29 is 9.18 Å². The zero-order valence-corrected chi connectivity index (χ0v) is 15.5. The quantitative estimate of drug-likeness (QED) is 0.610. The van der Waals surface area contributed by atoms with Gasteiger partial charge in [0.25, 0.3) is 5.91 Å². The van der Waals surface area contributed by atoms with Crippen LogP contribution in [0.1, 0.15) is 15.4 Å². The molecule has 2 aromatic heterocycles. The first-order valence-electron chi connectivity index (χ1n) is 7.21. The first-order chi connectivity index (χ1) is 12.1. The van der Waals surface area contributed by atoms with Crippen LogP contribution in [0.3, 0.4) is 0 Å². The van der Waals surface area contributed by atoms with Gasteiger partial charge in [-0.2, -0.15) is 5.26 Å². The van der Waals surface area contributed by atoms with Gasteiger partial charge in [-0.1, -0.05) is 35.2 Å². The molecule has 126 valence electrons. The average molecular weight is 390 g/mol. The minimum atomic E-state index is -0.289. The number of hydrogen-bond donors (Lipinski definition) is 1. The normalized spacial score (nSPS) is 10.4. The Morgan fingerprint density at radius 3 is 2.76 bits per heavy atom. The van der Waals surface area contributed by atoms with Gasteiger partial charge in [0, 0.05) is 4.88 Å². The van der Waals surface area contributed by atoms with E-state index in [2.05, 4.69) is 16.4 Å². The molecule has 0 fully saturated rings. The lowest BCUT2D eigenvalue weighted by molar-refractivity contribution is 0.103. The second kappa shape index (κ2) is 7.78. The van der Waals surface area contributed by atoms with Crippen molar-refractivity contribution in [2.24, 2.45) is 0 Å². The summed E-state index contributed by atoms with van der Waals surface area (Å²) in [6.45, 7) is 1.85. The van der Waals surface area contributed by atoms with Crippen molar-refractivity contribution in [1.29, 1.82) is 5.26 Å². The van der Waals surface area contributed by atoms with Crippen molar-refractivity contribution in [3.8, 4) is 16.5 Å². The Hall–Kier alpha value is -2.21. The fourth-order valence-corrected chi connectivity index (χ4v) is 4.76. The molecule has 4 nitrogen and oxygen atoms in total. The summed E-state index contributed by atoms with van der Waals surface area (Å²) in [6, 6.07) is 11.8. The molecule has 2 heterocycles. The van der Waals surface area contributed by atoms with E-state index in [1.165, 1.54) is 46.6 Å². The van der Waals surface area contributed by atoms with E-state index in [1.54, 1.807) is 18.2 Å². The Morgan fingerprint density at radius 2 is 2.04 bits per heavy atom. The molecule has 1 aromatic carbocycles.